The predicted molar refractivity (Wildman–Crippen MR) is 107 cm³/mol. The number of anilines is 1. The molecular formula is C20H19FN6O4. The number of carbonyl (C=O) groups is 3. The van der Waals surface area contributed by atoms with Crippen LogP contribution < -0.4 is 20.7 Å². The number of rotatable bonds is 5. The molecule has 31 heavy (non-hydrogen) atoms. The van der Waals surface area contributed by atoms with Gasteiger partial charge in [-0.1, -0.05) is 6.07 Å². The van der Waals surface area contributed by atoms with Crippen LogP contribution in [0, 0.1) is 5.82 Å². The Hall–Kier alpha value is -4.02. The van der Waals surface area contributed by atoms with E-state index in [1.165, 1.54) is 6.07 Å². The van der Waals surface area contributed by atoms with E-state index in [9.17, 15) is 18.8 Å². The quantitative estimate of drug-likeness (QED) is 0.564. The number of fused-ring (bicyclic) bond motifs is 2. The molecule has 0 saturated carbocycles. The van der Waals surface area contributed by atoms with Crippen LogP contribution in [-0.2, 0) is 11.3 Å². The maximum absolute atomic E-state index is 14.1. The van der Waals surface area contributed by atoms with E-state index >= 15 is 0 Å². The second-order valence-electron chi connectivity index (χ2n) is 7.23. The molecule has 1 aliphatic heterocycles. The van der Waals surface area contributed by atoms with Crippen molar-refractivity contribution in [1.29, 1.82) is 0 Å². The Labute approximate surface area is 175 Å². The van der Waals surface area contributed by atoms with Gasteiger partial charge in [0, 0.05) is 18.7 Å². The van der Waals surface area contributed by atoms with Gasteiger partial charge >= 0.3 is 0 Å². The topological polar surface area (TPSA) is 127 Å². The first-order valence-electron chi connectivity index (χ1n) is 9.50. The highest BCUT2D eigenvalue weighted by molar-refractivity contribution is 5.98. The number of hydrogen-bond donors (Lipinski definition) is 3. The van der Waals surface area contributed by atoms with Gasteiger partial charge < -0.3 is 20.7 Å². The molecule has 10 nitrogen and oxygen atoms in total. The number of ether oxygens (including phenoxy) is 1. The fourth-order valence-corrected chi connectivity index (χ4v) is 3.06. The summed E-state index contributed by atoms with van der Waals surface area (Å²) in [7, 11) is 0. The monoisotopic (exact) mass is 426 g/mol. The lowest BCUT2D eigenvalue weighted by atomic mass is 10.1. The molecule has 3 N–H and O–H groups in total. The van der Waals surface area contributed by atoms with Crippen molar-refractivity contribution in [2.45, 2.75) is 26.4 Å². The molecule has 1 aromatic carbocycles. The standard InChI is InChI=1S/C20H19FN6O4/c1-10(2)24-20(30)15-6-14(26-18-12(21)8-23-27(15)18)19(29)22-7-11-3-4-16-13(5-11)25-17(28)9-31-16/h3-6,8,10H,7,9H2,1-2H3,(H,22,29)(H,24,30)(H,25,28). The number of amides is 3. The number of hydrogen-bond acceptors (Lipinski definition) is 6. The molecule has 3 heterocycles. The van der Waals surface area contributed by atoms with E-state index in [-0.39, 0.29) is 42.1 Å². The fourth-order valence-electron chi connectivity index (χ4n) is 3.06. The average Bonchev–Trinajstić information content (AvgIpc) is 3.11. The minimum absolute atomic E-state index is 0.0126. The van der Waals surface area contributed by atoms with Crippen LogP contribution in [0.5, 0.6) is 5.75 Å². The molecule has 3 aromatic rings. The molecule has 0 atom stereocenters. The summed E-state index contributed by atoms with van der Waals surface area (Å²) < 4.78 is 20.4. The molecule has 160 valence electrons. The van der Waals surface area contributed by atoms with Crippen LogP contribution in [0.2, 0.25) is 0 Å². The third kappa shape index (κ3) is 4.15. The molecule has 0 fully saturated rings. The second kappa shape index (κ2) is 8.01. The summed E-state index contributed by atoms with van der Waals surface area (Å²) in [4.78, 5) is 40.7. The van der Waals surface area contributed by atoms with Crippen molar-refractivity contribution >= 4 is 29.1 Å². The fraction of sp³-hybridized carbons (Fsp3) is 0.250. The molecule has 0 aliphatic carbocycles. The summed E-state index contributed by atoms with van der Waals surface area (Å²) in [5.74, 6) is -1.58. The number of carbonyl (C=O) groups excluding carboxylic acids is 3. The van der Waals surface area contributed by atoms with Gasteiger partial charge in [-0.2, -0.15) is 5.10 Å². The third-order valence-corrected chi connectivity index (χ3v) is 4.44. The maximum Gasteiger partial charge on any atom is 0.270 e. The maximum atomic E-state index is 14.1. The minimum Gasteiger partial charge on any atom is -0.482 e. The number of halogens is 1. The summed E-state index contributed by atoms with van der Waals surface area (Å²) >= 11 is 0. The lowest BCUT2D eigenvalue weighted by Gasteiger charge is -2.18. The predicted octanol–water partition coefficient (Wildman–Crippen LogP) is 1.27. The minimum atomic E-state index is -0.751. The molecule has 0 bridgehead atoms. The van der Waals surface area contributed by atoms with E-state index < -0.39 is 17.6 Å². The van der Waals surface area contributed by atoms with E-state index in [0.29, 0.717) is 17.0 Å². The van der Waals surface area contributed by atoms with Gasteiger partial charge in [-0.05, 0) is 31.5 Å². The van der Waals surface area contributed by atoms with E-state index in [4.69, 9.17) is 4.74 Å². The molecule has 0 radical (unpaired) electrons. The zero-order valence-electron chi connectivity index (χ0n) is 16.7. The van der Waals surface area contributed by atoms with Crippen LogP contribution >= 0.6 is 0 Å². The Morgan fingerprint density at radius 1 is 1.29 bits per heavy atom. The molecule has 4 rings (SSSR count). The van der Waals surface area contributed by atoms with Gasteiger partial charge in [0.15, 0.2) is 18.1 Å². The molecule has 3 amide bonds. The Morgan fingerprint density at radius 2 is 2.10 bits per heavy atom. The molecule has 1 aliphatic rings. The first kappa shape index (κ1) is 20.3. The van der Waals surface area contributed by atoms with Crippen molar-refractivity contribution in [3.05, 3.63) is 53.2 Å². The van der Waals surface area contributed by atoms with Crippen LogP contribution in [0.25, 0.3) is 5.65 Å². The Balaban J connectivity index is 1.56. The van der Waals surface area contributed by atoms with Crippen molar-refractivity contribution in [2.75, 3.05) is 11.9 Å². The summed E-state index contributed by atoms with van der Waals surface area (Å²) in [6.07, 6.45) is 0.930. The third-order valence-electron chi connectivity index (χ3n) is 4.44. The zero-order valence-corrected chi connectivity index (χ0v) is 16.7. The normalized spacial score (nSPS) is 12.8. The summed E-state index contributed by atoms with van der Waals surface area (Å²) in [6.45, 7) is 3.62. The number of nitrogens with zero attached hydrogens (tertiary/aromatic N) is 3. The van der Waals surface area contributed by atoms with E-state index in [0.717, 1.165) is 10.7 Å². The Kier molecular flexibility index (Phi) is 5.24. The Morgan fingerprint density at radius 3 is 2.87 bits per heavy atom. The first-order chi connectivity index (χ1) is 14.8. The first-order valence-corrected chi connectivity index (χ1v) is 9.50. The van der Waals surface area contributed by atoms with E-state index in [2.05, 4.69) is 26.0 Å². The highest BCUT2D eigenvalue weighted by atomic mass is 19.1. The average molecular weight is 426 g/mol. The van der Waals surface area contributed by atoms with E-state index in [1.54, 1.807) is 32.0 Å². The summed E-state index contributed by atoms with van der Waals surface area (Å²) in [5.41, 5.74) is 0.843. The smallest absolute Gasteiger partial charge is 0.270 e. The molecule has 0 spiro atoms. The summed E-state index contributed by atoms with van der Waals surface area (Å²) in [6, 6.07) is 6.21. The number of nitrogens with one attached hydrogen (secondary N) is 3. The van der Waals surface area contributed by atoms with Crippen LogP contribution in [0.1, 0.15) is 40.4 Å². The summed E-state index contributed by atoms with van der Waals surface area (Å²) in [5, 5.41) is 11.9. The molecule has 11 heteroatoms. The lowest BCUT2D eigenvalue weighted by molar-refractivity contribution is -0.118. The highest BCUT2D eigenvalue weighted by Gasteiger charge is 2.21. The second-order valence-corrected chi connectivity index (χ2v) is 7.23. The van der Waals surface area contributed by atoms with Crippen molar-refractivity contribution in [2.24, 2.45) is 0 Å². The molecule has 2 aromatic heterocycles. The Bertz CT molecular complexity index is 1210. The van der Waals surface area contributed by atoms with Crippen molar-refractivity contribution in [1.82, 2.24) is 25.2 Å². The van der Waals surface area contributed by atoms with Crippen LogP contribution in [0.3, 0.4) is 0 Å². The van der Waals surface area contributed by atoms with Gasteiger partial charge in [-0.25, -0.2) is 13.9 Å². The van der Waals surface area contributed by atoms with Crippen LogP contribution in [-0.4, -0.2) is 45.0 Å². The van der Waals surface area contributed by atoms with Crippen molar-refractivity contribution in [3.8, 4) is 5.75 Å². The van der Waals surface area contributed by atoms with E-state index in [1.807, 2.05) is 0 Å². The van der Waals surface area contributed by atoms with Crippen molar-refractivity contribution in [3.63, 3.8) is 0 Å². The van der Waals surface area contributed by atoms with Gasteiger partial charge in [0.2, 0.25) is 0 Å². The number of aromatic nitrogens is 3. The molecule has 0 saturated heterocycles. The van der Waals surface area contributed by atoms with Crippen LogP contribution in [0.4, 0.5) is 10.1 Å². The van der Waals surface area contributed by atoms with Gasteiger partial charge in [-0.3, -0.25) is 14.4 Å². The molecular weight excluding hydrogens is 407 g/mol. The van der Waals surface area contributed by atoms with Crippen molar-refractivity contribution < 1.29 is 23.5 Å². The van der Waals surface area contributed by atoms with Gasteiger partial charge in [-0.15, -0.1) is 0 Å². The van der Waals surface area contributed by atoms with Gasteiger partial charge in [0.25, 0.3) is 17.7 Å². The lowest BCUT2D eigenvalue weighted by Crippen LogP contribution is -2.32. The zero-order chi connectivity index (χ0) is 22.1. The molecule has 0 unspecified atom stereocenters. The SMILES string of the molecule is CC(C)NC(=O)c1cc(C(=O)NCc2ccc3c(c2)NC(=O)CO3)nc2c(F)cnn12. The van der Waals surface area contributed by atoms with Gasteiger partial charge in [0.1, 0.15) is 17.1 Å². The highest BCUT2D eigenvalue weighted by Crippen LogP contribution is 2.28. The number of benzene rings is 1. The van der Waals surface area contributed by atoms with Gasteiger partial charge in [0.05, 0.1) is 11.9 Å². The van der Waals surface area contributed by atoms with Crippen LogP contribution in [0.15, 0.2) is 30.5 Å². The largest absolute Gasteiger partial charge is 0.482 e.